The van der Waals surface area contributed by atoms with Crippen molar-refractivity contribution in [3.63, 3.8) is 0 Å². The van der Waals surface area contributed by atoms with Gasteiger partial charge in [-0.1, -0.05) is 42.0 Å². The van der Waals surface area contributed by atoms with Gasteiger partial charge in [0.05, 0.1) is 23.9 Å². The molecule has 0 saturated heterocycles. The van der Waals surface area contributed by atoms with E-state index in [1.54, 1.807) is 30.3 Å². The van der Waals surface area contributed by atoms with Crippen LogP contribution in [0, 0.1) is 25.2 Å². The summed E-state index contributed by atoms with van der Waals surface area (Å²) in [5.74, 6) is -0.0746. The van der Waals surface area contributed by atoms with Gasteiger partial charge in [0.15, 0.2) is 0 Å². The second-order valence-electron chi connectivity index (χ2n) is 9.54. The van der Waals surface area contributed by atoms with Gasteiger partial charge >= 0.3 is 5.97 Å². The van der Waals surface area contributed by atoms with Crippen molar-refractivity contribution < 1.29 is 9.53 Å². The third-order valence-electron chi connectivity index (χ3n) is 7.01. The van der Waals surface area contributed by atoms with E-state index in [9.17, 15) is 4.79 Å². The molecule has 0 aliphatic carbocycles. The fourth-order valence-electron chi connectivity index (χ4n) is 5.38. The summed E-state index contributed by atoms with van der Waals surface area (Å²) >= 11 is 0. The van der Waals surface area contributed by atoms with Crippen LogP contribution in [-0.4, -0.2) is 12.6 Å². The van der Waals surface area contributed by atoms with Crippen LogP contribution in [0.5, 0.6) is 5.75 Å². The Morgan fingerprint density at radius 1 is 0.861 bits per heavy atom. The number of anilines is 2. The van der Waals surface area contributed by atoms with E-state index in [1.807, 2.05) is 19.1 Å². The lowest BCUT2D eigenvalue weighted by atomic mass is 9.92. The molecule has 5 nitrogen and oxygen atoms in total. The molecule has 6 rings (SSSR count). The molecule has 0 unspecified atom stereocenters. The van der Waals surface area contributed by atoms with Gasteiger partial charge in [-0.3, -0.25) is 0 Å². The topological polar surface area (TPSA) is 56.6 Å². The first kappa shape index (κ1) is 21.9. The van der Waals surface area contributed by atoms with Crippen LogP contribution in [-0.2, 0) is 13.1 Å². The van der Waals surface area contributed by atoms with Gasteiger partial charge < -0.3 is 14.5 Å². The number of rotatable bonds is 3. The van der Waals surface area contributed by atoms with E-state index in [2.05, 4.69) is 59.2 Å². The highest BCUT2D eigenvalue weighted by Gasteiger charge is 2.30. The third kappa shape index (κ3) is 3.77. The fourth-order valence-corrected chi connectivity index (χ4v) is 5.38. The van der Waals surface area contributed by atoms with E-state index in [-0.39, 0.29) is 0 Å². The number of hydrogen-bond acceptors (Lipinski definition) is 5. The van der Waals surface area contributed by atoms with Gasteiger partial charge in [0.25, 0.3) is 0 Å². The lowest BCUT2D eigenvalue weighted by Crippen LogP contribution is -2.46. The average Bonchev–Trinajstić information content (AvgIpc) is 2.88. The molecule has 36 heavy (non-hydrogen) atoms. The van der Waals surface area contributed by atoms with Crippen molar-refractivity contribution in [2.75, 3.05) is 16.5 Å². The summed E-state index contributed by atoms with van der Waals surface area (Å²) in [6.07, 6.45) is 0. The number of benzene rings is 4. The van der Waals surface area contributed by atoms with Gasteiger partial charge in [-0.25, -0.2) is 4.79 Å². The smallest absolute Gasteiger partial charge is 0.344 e. The number of hydrogen-bond donors (Lipinski definition) is 0. The lowest BCUT2D eigenvalue weighted by Gasteiger charge is -2.45. The quantitative estimate of drug-likeness (QED) is 0.257. The fraction of sp³-hybridized carbons (Fsp3) is 0.161. The van der Waals surface area contributed by atoms with E-state index in [1.165, 1.54) is 28.1 Å². The highest BCUT2D eigenvalue weighted by Crippen LogP contribution is 2.40. The summed E-state index contributed by atoms with van der Waals surface area (Å²) in [5, 5.41) is 9.17. The Morgan fingerprint density at radius 3 is 2.36 bits per heavy atom. The van der Waals surface area contributed by atoms with E-state index in [4.69, 9.17) is 10.00 Å². The van der Waals surface area contributed by atoms with Crippen molar-refractivity contribution in [1.82, 2.24) is 0 Å². The van der Waals surface area contributed by atoms with Crippen molar-refractivity contribution in [3.05, 3.63) is 112 Å². The maximum Gasteiger partial charge on any atom is 0.344 e. The Hall–Kier alpha value is -4.56. The molecule has 2 aliphatic rings. The number of esters is 1. The highest BCUT2D eigenvalue weighted by atomic mass is 16.5. The van der Waals surface area contributed by atoms with Crippen LogP contribution in [0.25, 0.3) is 11.1 Å². The molecule has 0 saturated carbocycles. The van der Waals surface area contributed by atoms with Crippen molar-refractivity contribution >= 4 is 17.3 Å². The minimum absolute atomic E-state index is 0.360. The van der Waals surface area contributed by atoms with Gasteiger partial charge in [-0.15, -0.1) is 0 Å². The number of fused-ring (bicyclic) bond motifs is 6. The molecule has 2 bridgehead atoms. The van der Waals surface area contributed by atoms with Gasteiger partial charge in [0.2, 0.25) is 0 Å². The molecule has 0 radical (unpaired) electrons. The largest absolute Gasteiger partial charge is 0.423 e. The molecule has 176 valence electrons. The molecule has 0 N–H and O–H groups in total. The van der Waals surface area contributed by atoms with Crippen LogP contribution in [0.15, 0.2) is 78.9 Å². The summed E-state index contributed by atoms with van der Waals surface area (Å²) < 4.78 is 5.68. The first-order valence-electron chi connectivity index (χ1n) is 12.0. The Labute approximate surface area is 210 Å². The molecular weight excluding hydrogens is 446 g/mol. The Morgan fingerprint density at radius 2 is 1.58 bits per heavy atom. The third-order valence-corrected chi connectivity index (χ3v) is 7.01. The maximum atomic E-state index is 13.3. The lowest BCUT2D eigenvalue weighted by molar-refractivity contribution is 0.0735. The van der Waals surface area contributed by atoms with Crippen molar-refractivity contribution in [1.29, 1.82) is 5.26 Å². The SMILES string of the molecule is Cc1ccc2c(c1)CN1CN2Cc2cc(-c3c(C)cccc3C(=O)Oc3cccc(C#N)c3)ccc21. The average molecular weight is 472 g/mol. The van der Waals surface area contributed by atoms with Gasteiger partial charge in [0, 0.05) is 24.5 Å². The molecule has 2 heterocycles. The minimum Gasteiger partial charge on any atom is -0.423 e. The predicted molar refractivity (Wildman–Crippen MR) is 141 cm³/mol. The van der Waals surface area contributed by atoms with Crippen molar-refractivity contribution in [2.24, 2.45) is 0 Å². The van der Waals surface area contributed by atoms with E-state index < -0.39 is 5.97 Å². The predicted octanol–water partition coefficient (Wildman–Crippen LogP) is 6.36. The van der Waals surface area contributed by atoms with Crippen LogP contribution in [0.4, 0.5) is 11.4 Å². The first-order valence-corrected chi connectivity index (χ1v) is 12.0. The number of ether oxygens (including phenoxy) is 1. The zero-order valence-electron chi connectivity index (χ0n) is 20.3. The Bertz CT molecular complexity index is 1570. The normalized spacial score (nSPS) is 13.5. The van der Waals surface area contributed by atoms with Crippen LogP contribution < -0.4 is 14.5 Å². The molecule has 4 aromatic carbocycles. The van der Waals surface area contributed by atoms with Crippen LogP contribution >= 0.6 is 0 Å². The van der Waals surface area contributed by atoms with Gasteiger partial charge in [-0.05, 0) is 84.1 Å². The monoisotopic (exact) mass is 471 g/mol. The number of nitrogens with zero attached hydrogens (tertiary/aromatic N) is 3. The summed E-state index contributed by atoms with van der Waals surface area (Å²) in [5.41, 5.74) is 10.3. The molecule has 0 amide bonds. The molecule has 4 aromatic rings. The molecule has 0 aromatic heterocycles. The minimum atomic E-state index is -0.435. The van der Waals surface area contributed by atoms with E-state index in [0.29, 0.717) is 16.9 Å². The first-order chi connectivity index (χ1) is 17.5. The summed E-state index contributed by atoms with van der Waals surface area (Å²) in [6.45, 7) is 6.75. The number of nitriles is 1. The maximum absolute atomic E-state index is 13.3. The zero-order chi connectivity index (χ0) is 24.8. The standard InChI is InChI=1S/C31H25N3O2/c1-20-9-11-28-24(13-20)17-33-19-34(28)18-25-15-23(10-12-29(25)33)30-21(2)5-3-8-27(30)31(35)36-26-7-4-6-22(14-26)16-32/h3-15H,17-19H2,1-2H3. The molecular formula is C31H25N3O2. The van der Waals surface area contributed by atoms with Crippen molar-refractivity contribution in [3.8, 4) is 22.9 Å². The van der Waals surface area contributed by atoms with E-state index in [0.717, 1.165) is 36.4 Å². The van der Waals surface area contributed by atoms with Gasteiger partial charge in [-0.2, -0.15) is 5.26 Å². The Balaban J connectivity index is 1.36. The summed E-state index contributed by atoms with van der Waals surface area (Å²) in [7, 11) is 0. The summed E-state index contributed by atoms with van der Waals surface area (Å²) in [4.78, 5) is 18.1. The highest BCUT2D eigenvalue weighted by molar-refractivity contribution is 5.99. The zero-order valence-corrected chi connectivity index (χ0v) is 20.3. The van der Waals surface area contributed by atoms with E-state index >= 15 is 0 Å². The second-order valence-corrected chi connectivity index (χ2v) is 9.54. The summed E-state index contributed by atoms with van der Waals surface area (Å²) in [6, 6.07) is 27.6. The number of aryl methyl sites for hydroxylation is 2. The molecule has 0 fully saturated rings. The molecule has 5 heteroatoms. The van der Waals surface area contributed by atoms with Crippen LogP contribution in [0.1, 0.15) is 38.2 Å². The molecule has 2 aliphatic heterocycles. The number of carbonyl (C=O) groups is 1. The second kappa shape index (κ2) is 8.58. The Kier molecular flexibility index (Phi) is 5.23. The molecule has 0 atom stereocenters. The van der Waals surface area contributed by atoms with Crippen LogP contribution in [0.3, 0.4) is 0 Å². The number of carbonyl (C=O) groups excluding carboxylic acids is 1. The van der Waals surface area contributed by atoms with Gasteiger partial charge in [0.1, 0.15) is 5.75 Å². The van der Waals surface area contributed by atoms with Crippen molar-refractivity contribution in [2.45, 2.75) is 26.9 Å². The van der Waals surface area contributed by atoms with Crippen LogP contribution in [0.2, 0.25) is 0 Å². The molecule has 0 spiro atoms.